The van der Waals surface area contributed by atoms with Gasteiger partial charge in [-0.2, -0.15) is 0 Å². The van der Waals surface area contributed by atoms with Gasteiger partial charge in [-0.25, -0.2) is 9.97 Å². The number of nitro benzene ring substituents is 1. The monoisotopic (exact) mass is 475 g/mol. The third-order valence-corrected chi connectivity index (χ3v) is 6.64. The molecule has 184 valence electrons. The summed E-state index contributed by atoms with van der Waals surface area (Å²) < 4.78 is 0. The van der Waals surface area contributed by atoms with Crippen molar-refractivity contribution in [2.24, 2.45) is 5.92 Å². The minimum Gasteiger partial charge on any atom is -0.392 e. The van der Waals surface area contributed by atoms with Crippen LogP contribution in [-0.2, 0) is 6.42 Å². The molecule has 1 unspecified atom stereocenters. The molecule has 1 aliphatic rings. The van der Waals surface area contributed by atoms with E-state index in [1.165, 1.54) is 0 Å². The largest absolute Gasteiger partial charge is 0.392 e. The number of β-amino-alcohol motifs (C(OH)–C–C–N with tert-alkyl or cyclic N) is 1. The highest BCUT2D eigenvalue weighted by Gasteiger charge is 2.25. The third kappa shape index (κ3) is 6.01. The molecule has 1 N–H and O–H groups in total. The molecule has 0 aliphatic carbocycles. The zero-order chi connectivity index (χ0) is 24.9. The van der Waals surface area contributed by atoms with E-state index >= 15 is 0 Å². The lowest BCUT2D eigenvalue weighted by atomic mass is 10.0. The lowest BCUT2D eigenvalue weighted by Crippen LogP contribution is -2.49. The van der Waals surface area contributed by atoms with Gasteiger partial charge in [0.05, 0.1) is 11.0 Å². The summed E-state index contributed by atoms with van der Waals surface area (Å²) in [6, 6.07) is 16.7. The highest BCUT2D eigenvalue weighted by atomic mass is 16.6. The Morgan fingerprint density at radius 3 is 2.26 bits per heavy atom. The maximum absolute atomic E-state index is 11.0. The molecule has 2 heterocycles. The number of benzene rings is 2. The van der Waals surface area contributed by atoms with Crippen LogP contribution in [0.3, 0.4) is 0 Å². The summed E-state index contributed by atoms with van der Waals surface area (Å²) >= 11 is 0. The molecule has 0 spiro atoms. The molecular formula is C27H33N5O3. The molecule has 1 atom stereocenters. The summed E-state index contributed by atoms with van der Waals surface area (Å²) in [5.41, 5.74) is 3.98. The number of anilines is 1. The molecule has 8 heteroatoms. The van der Waals surface area contributed by atoms with E-state index in [0.29, 0.717) is 18.8 Å². The van der Waals surface area contributed by atoms with Crippen molar-refractivity contribution in [3.63, 3.8) is 0 Å². The SMILES string of the molecule is Cc1nc(-c2ccccc2)nc(N2CCN(CC(O)C(C)C)CC2)c1Cc1ccc([N+](=O)[O-])cc1. The predicted octanol–water partition coefficient (Wildman–Crippen LogP) is 4.09. The van der Waals surface area contributed by atoms with E-state index in [1.807, 2.05) is 51.1 Å². The first-order valence-corrected chi connectivity index (χ1v) is 12.1. The summed E-state index contributed by atoms with van der Waals surface area (Å²) in [4.78, 5) is 25.1. The highest BCUT2D eigenvalue weighted by molar-refractivity contribution is 5.61. The van der Waals surface area contributed by atoms with Crippen molar-refractivity contribution in [1.82, 2.24) is 14.9 Å². The van der Waals surface area contributed by atoms with Gasteiger partial charge in [-0.05, 0) is 18.4 Å². The fourth-order valence-electron chi connectivity index (χ4n) is 4.32. The fourth-order valence-corrected chi connectivity index (χ4v) is 4.32. The van der Waals surface area contributed by atoms with E-state index in [4.69, 9.17) is 9.97 Å². The number of aryl methyl sites for hydroxylation is 1. The van der Waals surface area contributed by atoms with Crippen LogP contribution in [0.2, 0.25) is 0 Å². The third-order valence-electron chi connectivity index (χ3n) is 6.64. The molecule has 8 nitrogen and oxygen atoms in total. The van der Waals surface area contributed by atoms with Crippen LogP contribution >= 0.6 is 0 Å². The topological polar surface area (TPSA) is 95.6 Å². The van der Waals surface area contributed by atoms with Crippen LogP contribution in [0.4, 0.5) is 11.5 Å². The van der Waals surface area contributed by atoms with E-state index < -0.39 is 0 Å². The Labute approximate surface area is 206 Å². The highest BCUT2D eigenvalue weighted by Crippen LogP contribution is 2.29. The molecule has 1 aliphatic heterocycles. The lowest BCUT2D eigenvalue weighted by molar-refractivity contribution is -0.384. The Balaban J connectivity index is 1.63. The van der Waals surface area contributed by atoms with Gasteiger partial charge in [0, 0.05) is 68.1 Å². The molecule has 0 saturated carbocycles. The maximum Gasteiger partial charge on any atom is 0.269 e. The molecule has 4 rings (SSSR count). The Bertz CT molecular complexity index is 1140. The number of aromatic nitrogens is 2. The molecule has 35 heavy (non-hydrogen) atoms. The van der Waals surface area contributed by atoms with Crippen LogP contribution in [-0.4, -0.2) is 63.7 Å². The van der Waals surface area contributed by atoms with E-state index in [2.05, 4.69) is 9.80 Å². The molecule has 2 aromatic carbocycles. The second-order valence-corrected chi connectivity index (χ2v) is 9.50. The number of hydrogen-bond acceptors (Lipinski definition) is 7. The number of aliphatic hydroxyl groups is 1. The minimum atomic E-state index is -0.381. The van der Waals surface area contributed by atoms with Crippen molar-refractivity contribution in [2.75, 3.05) is 37.6 Å². The van der Waals surface area contributed by atoms with Gasteiger partial charge in [-0.3, -0.25) is 15.0 Å². The maximum atomic E-state index is 11.0. The van der Waals surface area contributed by atoms with Crippen LogP contribution < -0.4 is 4.90 Å². The average Bonchev–Trinajstić information content (AvgIpc) is 2.86. The van der Waals surface area contributed by atoms with E-state index in [1.54, 1.807) is 24.3 Å². The van der Waals surface area contributed by atoms with Gasteiger partial charge in [0.25, 0.3) is 5.69 Å². The Morgan fingerprint density at radius 2 is 1.66 bits per heavy atom. The number of nitrogens with zero attached hydrogens (tertiary/aromatic N) is 5. The van der Waals surface area contributed by atoms with Crippen molar-refractivity contribution < 1.29 is 10.0 Å². The molecule has 1 saturated heterocycles. The standard InChI is InChI=1S/C27H33N5O3/c1-19(2)25(33)18-30-13-15-31(16-14-30)27-24(17-21-9-11-23(12-10-21)32(34)35)20(3)28-26(29-27)22-7-5-4-6-8-22/h4-12,19,25,33H,13-18H2,1-3H3. The number of nitro groups is 1. The zero-order valence-corrected chi connectivity index (χ0v) is 20.6. The molecule has 1 fully saturated rings. The number of non-ortho nitro benzene ring substituents is 1. The van der Waals surface area contributed by atoms with Crippen molar-refractivity contribution in [3.05, 3.63) is 81.5 Å². The predicted molar refractivity (Wildman–Crippen MR) is 138 cm³/mol. The van der Waals surface area contributed by atoms with Crippen LogP contribution in [0.15, 0.2) is 54.6 Å². The molecule has 1 aromatic heterocycles. The van der Waals surface area contributed by atoms with E-state index in [-0.39, 0.29) is 22.6 Å². The quantitative estimate of drug-likeness (QED) is 0.387. The zero-order valence-electron chi connectivity index (χ0n) is 20.6. The van der Waals surface area contributed by atoms with Crippen LogP contribution in [0.1, 0.15) is 30.7 Å². The van der Waals surface area contributed by atoms with Crippen molar-refractivity contribution in [2.45, 2.75) is 33.3 Å². The first-order chi connectivity index (χ1) is 16.8. The summed E-state index contributed by atoms with van der Waals surface area (Å²) in [5.74, 6) is 1.85. The van der Waals surface area contributed by atoms with Crippen molar-refractivity contribution >= 4 is 11.5 Å². The van der Waals surface area contributed by atoms with Gasteiger partial charge in [0.2, 0.25) is 0 Å². The number of aliphatic hydroxyl groups excluding tert-OH is 1. The second kappa shape index (κ2) is 10.9. The molecule has 0 bridgehead atoms. The molecule has 3 aromatic rings. The van der Waals surface area contributed by atoms with Gasteiger partial charge in [0.15, 0.2) is 5.82 Å². The number of rotatable bonds is 8. The molecule has 0 radical (unpaired) electrons. The van der Waals surface area contributed by atoms with Crippen LogP contribution in [0.5, 0.6) is 0 Å². The average molecular weight is 476 g/mol. The first-order valence-electron chi connectivity index (χ1n) is 12.1. The van der Waals surface area contributed by atoms with Gasteiger partial charge < -0.3 is 10.0 Å². The van der Waals surface area contributed by atoms with E-state index in [9.17, 15) is 15.2 Å². The van der Waals surface area contributed by atoms with Crippen LogP contribution in [0, 0.1) is 23.0 Å². The Morgan fingerprint density at radius 1 is 1.00 bits per heavy atom. The minimum absolute atomic E-state index is 0.0843. The van der Waals surface area contributed by atoms with Gasteiger partial charge in [0.1, 0.15) is 5.82 Å². The lowest BCUT2D eigenvalue weighted by Gasteiger charge is -2.37. The van der Waals surface area contributed by atoms with Gasteiger partial charge in [-0.15, -0.1) is 0 Å². The molecule has 0 amide bonds. The Hall–Kier alpha value is -3.36. The van der Waals surface area contributed by atoms with Crippen LogP contribution in [0.25, 0.3) is 11.4 Å². The first kappa shape index (κ1) is 24.8. The van der Waals surface area contributed by atoms with E-state index in [0.717, 1.165) is 54.4 Å². The van der Waals surface area contributed by atoms with Gasteiger partial charge >= 0.3 is 0 Å². The van der Waals surface area contributed by atoms with Gasteiger partial charge in [-0.1, -0.05) is 56.3 Å². The summed E-state index contributed by atoms with van der Waals surface area (Å²) in [5, 5.41) is 21.4. The Kier molecular flexibility index (Phi) is 7.73. The summed E-state index contributed by atoms with van der Waals surface area (Å²) in [6.07, 6.45) is 0.269. The molecular weight excluding hydrogens is 442 g/mol. The fraction of sp³-hybridized carbons (Fsp3) is 0.407. The number of hydrogen-bond donors (Lipinski definition) is 1. The summed E-state index contributed by atoms with van der Waals surface area (Å²) in [6.45, 7) is 10.1. The smallest absolute Gasteiger partial charge is 0.269 e. The van der Waals surface area contributed by atoms with Crippen molar-refractivity contribution in [1.29, 1.82) is 0 Å². The van der Waals surface area contributed by atoms with Crippen molar-refractivity contribution in [3.8, 4) is 11.4 Å². The second-order valence-electron chi connectivity index (χ2n) is 9.50. The summed E-state index contributed by atoms with van der Waals surface area (Å²) in [7, 11) is 0. The normalized spacial score (nSPS) is 15.4. The number of piperazine rings is 1.